The molecule has 7 nitrogen and oxygen atoms in total. The van der Waals surface area contributed by atoms with Crippen molar-refractivity contribution in [3.63, 3.8) is 0 Å². The SMILES string of the molecule is O=C(O)[C@H]1C2C[C@@H]3C[C@H](C2)CC1(n1ncc(N2CCN(c4cccc(C(F)(F)F)c4)CC2)c(Cl)c1=O)C3. The molecule has 1 aliphatic heterocycles. The van der Waals surface area contributed by atoms with Crippen LogP contribution in [0.15, 0.2) is 35.3 Å². The molecule has 5 fully saturated rings. The molecule has 2 aromatic rings. The summed E-state index contributed by atoms with van der Waals surface area (Å²) >= 11 is 6.62. The van der Waals surface area contributed by atoms with Gasteiger partial charge in [0.2, 0.25) is 0 Å². The number of hydrogen-bond donors (Lipinski definition) is 1. The minimum Gasteiger partial charge on any atom is -0.481 e. The van der Waals surface area contributed by atoms with E-state index in [4.69, 9.17) is 11.6 Å². The molecule has 0 radical (unpaired) electrons. The Labute approximate surface area is 216 Å². The first-order chi connectivity index (χ1) is 17.6. The fourth-order valence-electron chi connectivity index (χ4n) is 7.78. The van der Waals surface area contributed by atoms with Crippen molar-refractivity contribution >= 4 is 28.9 Å². The van der Waals surface area contributed by atoms with E-state index < -0.39 is 34.7 Å². The Morgan fingerprint density at radius 3 is 2.32 bits per heavy atom. The van der Waals surface area contributed by atoms with Gasteiger partial charge < -0.3 is 14.9 Å². The van der Waals surface area contributed by atoms with E-state index in [-0.39, 0.29) is 10.9 Å². The van der Waals surface area contributed by atoms with Gasteiger partial charge in [0, 0.05) is 31.9 Å². The Morgan fingerprint density at radius 1 is 1.05 bits per heavy atom. The number of carbonyl (C=O) groups is 1. The number of benzene rings is 1. The van der Waals surface area contributed by atoms with E-state index in [0.717, 1.165) is 31.4 Å². The van der Waals surface area contributed by atoms with Gasteiger partial charge in [0.15, 0.2) is 0 Å². The van der Waals surface area contributed by atoms with Crippen LogP contribution in [0.25, 0.3) is 0 Å². The van der Waals surface area contributed by atoms with Crippen LogP contribution in [0.2, 0.25) is 5.02 Å². The summed E-state index contributed by atoms with van der Waals surface area (Å²) in [6.07, 6.45) is 1.29. The Kier molecular flexibility index (Phi) is 5.74. The molecule has 1 aromatic carbocycles. The minimum absolute atomic E-state index is 0.0161. The van der Waals surface area contributed by atoms with Crippen LogP contribution in [0, 0.1) is 23.7 Å². The number of aromatic nitrogens is 2. The third-order valence-electron chi connectivity index (χ3n) is 9.02. The molecule has 5 atom stereocenters. The van der Waals surface area contributed by atoms with Gasteiger partial charge in [-0.3, -0.25) is 9.59 Å². The molecule has 37 heavy (non-hydrogen) atoms. The number of carboxylic acids is 1. The van der Waals surface area contributed by atoms with E-state index in [0.29, 0.717) is 62.2 Å². The molecule has 0 amide bonds. The molecule has 1 aromatic heterocycles. The number of rotatable bonds is 4. The lowest BCUT2D eigenvalue weighted by molar-refractivity contribution is -0.168. The summed E-state index contributed by atoms with van der Waals surface area (Å²) < 4.78 is 40.8. The van der Waals surface area contributed by atoms with E-state index in [1.807, 2.05) is 9.80 Å². The Bertz CT molecular complexity index is 1280. The highest BCUT2D eigenvalue weighted by Crippen LogP contribution is 2.61. The molecule has 1 saturated heterocycles. The third kappa shape index (κ3) is 3.99. The molecule has 2 unspecified atom stereocenters. The van der Waals surface area contributed by atoms with E-state index in [2.05, 4.69) is 5.10 Å². The largest absolute Gasteiger partial charge is 0.481 e. The van der Waals surface area contributed by atoms with Gasteiger partial charge in [0.25, 0.3) is 5.56 Å². The van der Waals surface area contributed by atoms with Crippen molar-refractivity contribution in [3.05, 3.63) is 51.4 Å². The van der Waals surface area contributed by atoms with Gasteiger partial charge in [-0.25, -0.2) is 4.68 Å². The lowest BCUT2D eigenvalue weighted by Crippen LogP contribution is -2.63. The molecule has 4 saturated carbocycles. The Morgan fingerprint density at radius 2 is 1.70 bits per heavy atom. The Hall–Kier alpha value is -2.75. The zero-order chi connectivity index (χ0) is 26.1. The molecule has 5 aliphatic rings. The number of alkyl halides is 3. The Balaban J connectivity index is 1.25. The second-order valence-electron chi connectivity index (χ2n) is 11.1. The normalized spacial score (nSPS) is 31.1. The van der Waals surface area contributed by atoms with Gasteiger partial charge >= 0.3 is 12.1 Å². The van der Waals surface area contributed by atoms with Crippen LogP contribution in [0.3, 0.4) is 0 Å². The zero-order valence-corrected chi connectivity index (χ0v) is 20.9. The first kappa shape index (κ1) is 24.6. The van der Waals surface area contributed by atoms with Crippen LogP contribution >= 0.6 is 11.6 Å². The van der Waals surface area contributed by atoms with Crippen LogP contribution in [0.1, 0.15) is 37.7 Å². The quantitative estimate of drug-likeness (QED) is 0.621. The van der Waals surface area contributed by atoms with Crippen LogP contribution in [0.5, 0.6) is 0 Å². The van der Waals surface area contributed by atoms with Crippen molar-refractivity contribution in [2.24, 2.45) is 23.7 Å². The maximum Gasteiger partial charge on any atom is 0.416 e. The summed E-state index contributed by atoms with van der Waals surface area (Å²) in [5.74, 6) is -0.653. The number of anilines is 2. The van der Waals surface area contributed by atoms with Gasteiger partial charge in [0.1, 0.15) is 5.02 Å². The predicted molar refractivity (Wildman–Crippen MR) is 132 cm³/mol. The summed E-state index contributed by atoms with van der Waals surface area (Å²) in [4.78, 5) is 29.7. The standard InChI is InChI=1S/C26H28ClF3N4O3/c27-22-20(33-6-4-32(5-7-33)19-3-1-2-18(11-19)26(28,29)30)14-31-34(23(22)35)25-12-15-8-16(13-25)10-17(9-15)21(25)24(36)37/h1-3,11,14-17,21H,4-10,12-13H2,(H,36,37)/t15-,16+,17?,21-,25?/m1/s1. The van der Waals surface area contributed by atoms with Gasteiger partial charge in [0.05, 0.1) is 28.9 Å². The highest BCUT2D eigenvalue weighted by atomic mass is 35.5. The molecular formula is C26H28ClF3N4O3. The van der Waals surface area contributed by atoms with Crippen LogP contribution < -0.4 is 15.4 Å². The van der Waals surface area contributed by atoms with Gasteiger partial charge in [-0.2, -0.15) is 18.3 Å². The fraction of sp³-hybridized carbons (Fsp3) is 0.577. The van der Waals surface area contributed by atoms with Crippen molar-refractivity contribution in [2.75, 3.05) is 36.0 Å². The van der Waals surface area contributed by atoms with Crippen molar-refractivity contribution in [1.29, 1.82) is 0 Å². The molecule has 1 N–H and O–H groups in total. The molecule has 7 rings (SSSR count). The smallest absolute Gasteiger partial charge is 0.416 e. The number of piperazine rings is 1. The minimum atomic E-state index is -4.41. The van der Waals surface area contributed by atoms with E-state index >= 15 is 0 Å². The lowest BCUT2D eigenvalue weighted by atomic mass is 9.48. The molecule has 11 heteroatoms. The second kappa shape index (κ2) is 8.64. The molecule has 198 valence electrons. The van der Waals surface area contributed by atoms with Gasteiger partial charge in [-0.05, 0) is 68.1 Å². The topological polar surface area (TPSA) is 78.7 Å². The number of hydrogen-bond acceptors (Lipinski definition) is 5. The van der Waals surface area contributed by atoms with Crippen molar-refractivity contribution < 1.29 is 23.1 Å². The average Bonchev–Trinajstić information content (AvgIpc) is 2.84. The molecule has 4 bridgehead atoms. The summed E-state index contributed by atoms with van der Waals surface area (Å²) in [5.41, 5.74) is -1.03. The van der Waals surface area contributed by atoms with E-state index in [9.17, 15) is 27.9 Å². The van der Waals surface area contributed by atoms with Gasteiger partial charge in [-0.15, -0.1) is 0 Å². The van der Waals surface area contributed by atoms with Gasteiger partial charge in [-0.1, -0.05) is 17.7 Å². The summed E-state index contributed by atoms with van der Waals surface area (Å²) in [6, 6.07) is 5.26. The number of carboxylic acid groups (broad SMARTS) is 1. The van der Waals surface area contributed by atoms with Crippen LogP contribution in [-0.4, -0.2) is 47.0 Å². The van der Waals surface area contributed by atoms with Crippen molar-refractivity contribution in [1.82, 2.24) is 9.78 Å². The maximum absolute atomic E-state index is 13.6. The maximum atomic E-state index is 13.6. The first-order valence-corrected chi connectivity index (χ1v) is 13.1. The molecule has 4 aliphatic carbocycles. The third-order valence-corrected chi connectivity index (χ3v) is 9.38. The molecule has 0 spiro atoms. The van der Waals surface area contributed by atoms with Crippen LogP contribution in [-0.2, 0) is 16.5 Å². The average molecular weight is 537 g/mol. The van der Waals surface area contributed by atoms with Crippen molar-refractivity contribution in [3.8, 4) is 0 Å². The number of aliphatic carboxylic acids is 1. The van der Waals surface area contributed by atoms with Crippen LogP contribution in [0.4, 0.5) is 24.5 Å². The molecular weight excluding hydrogens is 509 g/mol. The number of nitrogens with zero attached hydrogens (tertiary/aromatic N) is 4. The highest BCUT2D eigenvalue weighted by molar-refractivity contribution is 6.33. The van der Waals surface area contributed by atoms with Crippen molar-refractivity contribution in [2.45, 2.75) is 43.8 Å². The fourth-order valence-corrected chi connectivity index (χ4v) is 8.03. The van der Waals surface area contributed by atoms with E-state index in [1.54, 1.807) is 12.3 Å². The molecule has 2 heterocycles. The highest BCUT2D eigenvalue weighted by Gasteiger charge is 2.61. The summed E-state index contributed by atoms with van der Waals surface area (Å²) in [6.45, 7) is 1.82. The van der Waals surface area contributed by atoms with E-state index in [1.165, 1.54) is 10.7 Å². The second-order valence-corrected chi connectivity index (χ2v) is 11.5. The summed E-state index contributed by atoms with van der Waals surface area (Å²) in [7, 11) is 0. The summed E-state index contributed by atoms with van der Waals surface area (Å²) in [5, 5.41) is 14.7. The number of halogens is 4. The zero-order valence-electron chi connectivity index (χ0n) is 20.1. The lowest BCUT2D eigenvalue weighted by Gasteiger charge is -2.59. The monoisotopic (exact) mass is 536 g/mol. The predicted octanol–water partition coefficient (Wildman–Crippen LogP) is 4.48. The first-order valence-electron chi connectivity index (χ1n) is 12.7.